The molecule has 628 valence electrons. The Bertz CT molecular complexity index is 7480. The predicted octanol–water partition coefficient (Wildman–Crippen LogP) is 36.8. The molecule has 0 aliphatic heterocycles. The van der Waals surface area contributed by atoms with Gasteiger partial charge in [-0.25, -0.2) is 0 Å². The zero-order chi connectivity index (χ0) is 88.9. The van der Waals surface area contributed by atoms with Crippen molar-refractivity contribution < 1.29 is 0 Å². The van der Waals surface area contributed by atoms with E-state index in [0.29, 0.717) is 0 Å². The molecule has 0 spiro atoms. The van der Waals surface area contributed by atoms with Gasteiger partial charge in [0.25, 0.3) is 0 Å². The van der Waals surface area contributed by atoms with Crippen molar-refractivity contribution in [1.29, 1.82) is 0 Å². The van der Waals surface area contributed by atoms with Crippen molar-refractivity contribution in [3.05, 3.63) is 564 Å². The highest BCUT2D eigenvalue weighted by atomic mass is 15.2. The second-order valence-corrected chi connectivity index (χ2v) is 33.5. The Morgan fingerprint density at radius 1 is 0.0902 bits per heavy atom. The van der Waals surface area contributed by atoms with Crippen LogP contribution in [0.3, 0.4) is 0 Å². The molecule has 0 bridgehead atoms. The van der Waals surface area contributed by atoms with Crippen molar-refractivity contribution in [2.45, 2.75) is 0 Å². The molecule has 0 saturated heterocycles. The van der Waals surface area contributed by atoms with Gasteiger partial charge >= 0.3 is 0 Å². The van der Waals surface area contributed by atoms with E-state index >= 15 is 0 Å². The van der Waals surface area contributed by atoms with E-state index in [2.05, 4.69) is 579 Å². The van der Waals surface area contributed by atoms with Gasteiger partial charge in [-0.1, -0.05) is 449 Å². The van der Waals surface area contributed by atoms with Crippen LogP contribution in [0, 0.1) is 0 Å². The summed E-state index contributed by atoms with van der Waals surface area (Å²) in [5.74, 6) is 0. The Labute approximate surface area is 778 Å². The summed E-state index contributed by atoms with van der Waals surface area (Å²) in [4.78, 5) is 7.08. The minimum absolute atomic E-state index is 1.11. The summed E-state index contributed by atoms with van der Waals surface area (Å²) in [6, 6.07) is 202. The van der Waals surface area contributed by atoms with Crippen LogP contribution in [0.5, 0.6) is 0 Å². The first kappa shape index (κ1) is 82.5. The van der Waals surface area contributed by atoms with Gasteiger partial charge in [0.15, 0.2) is 0 Å². The zero-order valence-corrected chi connectivity index (χ0v) is 73.5. The van der Waals surface area contributed by atoms with Crippen molar-refractivity contribution in [2.75, 3.05) is 14.7 Å². The molecule has 0 aromatic heterocycles. The summed E-state index contributed by atoms with van der Waals surface area (Å²) < 4.78 is 0. The first-order valence-corrected chi connectivity index (χ1v) is 45.6. The Morgan fingerprint density at radius 3 is 0.541 bits per heavy atom. The van der Waals surface area contributed by atoms with Gasteiger partial charge in [0.05, 0.1) is 0 Å². The molecule has 0 N–H and O–H groups in total. The number of hydrogen-bond acceptors (Lipinski definition) is 3. The summed E-state index contributed by atoms with van der Waals surface area (Å²) in [6.07, 6.45) is 0. The third kappa shape index (κ3) is 18.2. The Morgan fingerprint density at radius 2 is 0.256 bits per heavy atom. The van der Waals surface area contributed by atoms with Crippen LogP contribution in [0.4, 0.5) is 51.2 Å². The fraction of sp³-hybridized carbons (Fsp3) is 0. The second-order valence-electron chi connectivity index (χ2n) is 33.5. The number of fused-ring (bicyclic) bond motifs is 4. The van der Waals surface area contributed by atoms with Crippen LogP contribution in [-0.4, -0.2) is 0 Å². The molecule has 23 rings (SSSR count). The largest absolute Gasteiger partial charge is 0.311 e. The van der Waals surface area contributed by atoms with Crippen LogP contribution in [-0.2, 0) is 0 Å². The summed E-state index contributed by atoms with van der Waals surface area (Å²) in [7, 11) is 0. The van der Waals surface area contributed by atoms with Crippen molar-refractivity contribution >= 4 is 94.3 Å². The summed E-state index contributed by atoms with van der Waals surface area (Å²) in [5, 5.41) is 10.0. The maximum atomic E-state index is 2.40. The minimum Gasteiger partial charge on any atom is -0.311 e. The SMILES string of the molecule is c1cc(-c2cccc3ccccc23)cc(N(c2cccc(-c3cccc4ccccc34)c2)c2cccc(-c3cccc4ccccc34)c2)c1.c1ccc(-c2ccc(N(c3ccc(-c4ccccc4)cc3)c3ccc(-c4cccc(-c5ccccc5)c4)cc3)cc2)cc1.c1ccc(-c2cccc(N(c3ccc(-c4cccc5ccccc45)cc3)c3cccc(-c4ccccc4)c3)c2)cc1. The van der Waals surface area contributed by atoms with Crippen LogP contribution in [0.1, 0.15) is 0 Å². The highest BCUT2D eigenvalue weighted by Gasteiger charge is 2.22. The van der Waals surface area contributed by atoms with Crippen molar-refractivity contribution in [3.8, 4) is 111 Å². The van der Waals surface area contributed by atoms with Gasteiger partial charge in [0.1, 0.15) is 0 Å². The van der Waals surface area contributed by atoms with E-state index in [1.807, 2.05) is 0 Å². The first-order chi connectivity index (χ1) is 65.9. The number of nitrogens with zero attached hydrogens (tertiary/aromatic N) is 3. The summed E-state index contributed by atoms with van der Waals surface area (Å²) in [5.41, 5.74) is 34.2. The van der Waals surface area contributed by atoms with Crippen LogP contribution in [0.25, 0.3) is 154 Å². The Hall–Kier alpha value is -17.5. The average Bonchev–Trinajstić information content (AvgIpc) is 0.773. The van der Waals surface area contributed by atoms with Gasteiger partial charge < -0.3 is 14.7 Å². The highest BCUT2D eigenvalue weighted by Crippen LogP contribution is 2.46. The molecule has 0 aliphatic carbocycles. The van der Waals surface area contributed by atoms with Crippen LogP contribution in [0.15, 0.2) is 564 Å². The topological polar surface area (TPSA) is 9.72 Å². The third-order valence-corrected chi connectivity index (χ3v) is 25.2. The third-order valence-electron chi connectivity index (χ3n) is 25.2. The molecule has 0 aliphatic rings. The monoisotopic (exact) mass is 1700 g/mol. The lowest BCUT2D eigenvalue weighted by Crippen LogP contribution is -2.10. The molecule has 0 unspecified atom stereocenters. The van der Waals surface area contributed by atoms with Crippen molar-refractivity contribution in [1.82, 2.24) is 0 Å². The van der Waals surface area contributed by atoms with Gasteiger partial charge in [-0.15, -0.1) is 0 Å². The van der Waals surface area contributed by atoms with Crippen LogP contribution >= 0.6 is 0 Å². The molecule has 0 saturated carbocycles. The lowest BCUT2D eigenvalue weighted by Gasteiger charge is -2.27. The highest BCUT2D eigenvalue weighted by molar-refractivity contribution is 6.02. The van der Waals surface area contributed by atoms with E-state index in [0.717, 1.165) is 51.2 Å². The maximum absolute atomic E-state index is 2.40. The zero-order valence-electron chi connectivity index (χ0n) is 73.5. The standard InChI is InChI=1S/C48H33N.C42H31N.C40H29N/c1-4-25-43-34(13-1)16-10-28-46(43)37-19-7-22-40(31-37)49(41-23-8-20-38(32-41)47-29-11-17-35-14-2-5-26-44(35)47)42-24-9-21-39(33-42)48-30-12-18-36-15-3-6-27-45(36)48;1-4-11-32(12-5-1)35-19-25-40(26-20-35)43(41-27-21-36(22-28-41)33-13-6-2-7-14-33)42-29-23-37(24-30-42)39-18-10-17-38(31-39)34-15-8-3-9-16-34;1-3-12-30(13-4-1)34-18-9-20-37(28-34)41(38-21-10-19-35(29-38)31-14-5-2-6-15-31)36-26-24-33(25-27-36)40-23-11-17-32-16-7-8-22-39(32)40/h1-33H;1-31H;1-29H. The normalized spacial score (nSPS) is 11.0. The lowest BCUT2D eigenvalue weighted by atomic mass is 9.96. The second kappa shape index (κ2) is 38.6. The number of benzene rings is 23. The molecule has 23 aromatic carbocycles. The molecular formula is C130H93N3. The molecule has 0 fully saturated rings. The van der Waals surface area contributed by atoms with E-state index in [1.165, 1.54) is 154 Å². The molecule has 23 aromatic rings. The minimum atomic E-state index is 1.11. The first-order valence-electron chi connectivity index (χ1n) is 45.6. The van der Waals surface area contributed by atoms with Gasteiger partial charge in [-0.2, -0.15) is 0 Å². The lowest BCUT2D eigenvalue weighted by molar-refractivity contribution is 1.28. The molecule has 133 heavy (non-hydrogen) atoms. The number of anilines is 9. The van der Waals surface area contributed by atoms with Gasteiger partial charge in [-0.3, -0.25) is 0 Å². The molecule has 0 heterocycles. The van der Waals surface area contributed by atoms with E-state index in [-0.39, 0.29) is 0 Å². The van der Waals surface area contributed by atoms with Gasteiger partial charge in [0.2, 0.25) is 0 Å². The van der Waals surface area contributed by atoms with Crippen molar-refractivity contribution in [2.24, 2.45) is 0 Å². The smallest absolute Gasteiger partial charge is 0.0467 e. The predicted molar refractivity (Wildman–Crippen MR) is 568 cm³/mol. The summed E-state index contributed by atoms with van der Waals surface area (Å²) >= 11 is 0. The van der Waals surface area contributed by atoms with Crippen LogP contribution in [0.2, 0.25) is 0 Å². The van der Waals surface area contributed by atoms with Crippen LogP contribution < -0.4 is 14.7 Å². The van der Waals surface area contributed by atoms with E-state index in [9.17, 15) is 0 Å². The molecular weight excluding hydrogens is 1600 g/mol. The Balaban J connectivity index is 0.000000121. The van der Waals surface area contributed by atoms with Gasteiger partial charge in [0, 0.05) is 51.2 Å². The molecule has 0 atom stereocenters. The number of hydrogen-bond donors (Lipinski definition) is 0. The Kier molecular flexibility index (Phi) is 23.9. The average molecular weight is 1700 g/mol. The fourth-order valence-corrected chi connectivity index (χ4v) is 18.6. The van der Waals surface area contributed by atoms with E-state index in [4.69, 9.17) is 0 Å². The quantitative estimate of drug-likeness (QED) is 0.0799. The number of rotatable bonds is 19. The maximum Gasteiger partial charge on any atom is 0.0467 e. The fourth-order valence-electron chi connectivity index (χ4n) is 18.6. The van der Waals surface area contributed by atoms with Crippen molar-refractivity contribution in [3.63, 3.8) is 0 Å². The van der Waals surface area contributed by atoms with E-state index in [1.54, 1.807) is 0 Å². The molecule has 0 radical (unpaired) electrons. The van der Waals surface area contributed by atoms with E-state index < -0.39 is 0 Å². The molecule has 3 nitrogen and oxygen atoms in total. The van der Waals surface area contributed by atoms with Gasteiger partial charge in [-0.05, 0) is 270 Å². The molecule has 0 amide bonds. The summed E-state index contributed by atoms with van der Waals surface area (Å²) in [6.45, 7) is 0. The molecule has 3 heteroatoms.